The maximum atomic E-state index is 12.4. The molecule has 0 heterocycles. The second-order valence-corrected chi connectivity index (χ2v) is 7.24. The number of hydrogen-bond donors (Lipinski definition) is 2. The molecule has 0 spiro atoms. The van der Waals surface area contributed by atoms with Crippen molar-refractivity contribution in [2.75, 3.05) is 19.4 Å². The number of rotatable bonds is 11. The zero-order chi connectivity index (χ0) is 18.7. The van der Waals surface area contributed by atoms with Gasteiger partial charge in [-0.15, -0.1) is 0 Å². The van der Waals surface area contributed by atoms with Crippen LogP contribution in [-0.4, -0.2) is 42.6 Å². The number of hydrogen-bond acceptors (Lipinski definition) is 6. The van der Waals surface area contributed by atoms with Crippen molar-refractivity contribution in [3.8, 4) is 0 Å². The first-order chi connectivity index (χ1) is 11.9. The van der Waals surface area contributed by atoms with Crippen LogP contribution in [0.15, 0.2) is 30.3 Å². The normalized spacial score (nSPS) is 12.4. The molecule has 0 unspecified atom stereocenters. The number of amides is 1. The lowest BCUT2D eigenvalue weighted by atomic mass is 10.2. The fourth-order valence-electron chi connectivity index (χ4n) is 2.01. The molecule has 25 heavy (non-hydrogen) atoms. The van der Waals surface area contributed by atoms with Gasteiger partial charge in [0.25, 0.3) is 0 Å². The number of carbonyl (C=O) groups excluding carboxylic acids is 1. The summed E-state index contributed by atoms with van der Waals surface area (Å²) in [4.78, 5) is 23.1. The second-order valence-electron chi connectivity index (χ2n) is 5.06. The molecule has 1 aromatic carbocycles. The third-order valence-electron chi connectivity index (χ3n) is 3.15. The Bertz CT molecular complexity index is 583. The number of carbonyl (C=O) groups is 2. The predicted octanol–water partition coefficient (Wildman–Crippen LogP) is 3.02. The molecule has 1 rings (SSSR count). The van der Waals surface area contributed by atoms with Crippen LogP contribution in [0.25, 0.3) is 0 Å². The van der Waals surface area contributed by atoms with E-state index in [4.69, 9.17) is 13.8 Å². The van der Waals surface area contributed by atoms with Crippen molar-refractivity contribution in [2.45, 2.75) is 32.9 Å². The summed E-state index contributed by atoms with van der Waals surface area (Å²) in [6, 6.07) is 7.74. The predicted molar refractivity (Wildman–Crippen MR) is 91.5 cm³/mol. The molecule has 0 aromatic heterocycles. The molecule has 8 nitrogen and oxygen atoms in total. The molecule has 0 fully saturated rings. The minimum absolute atomic E-state index is 0.0232. The maximum absolute atomic E-state index is 12.4. The molecule has 0 saturated carbocycles. The fourth-order valence-corrected chi connectivity index (χ4v) is 3.71. The number of benzene rings is 1. The zero-order valence-corrected chi connectivity index (χ0v) is 15.2. The minimum atomic E-state index is -3.37. The van der Waals surface area contributed by atoms with Crippen LogP contribution >= 0.6 is 7.60 Å². The van der Waals surface area contributed by atoms with Crippen LogP contribution in [0.5, 0.6) is 0 Å². The van der Waals surface area contributed by atoms with E-state index < -0.39 is 25.7 Å². The van der Waals surface area contributed by atoms with E-state index in [2.05, 4.69) is 5.32 Å². The largest absolute Gasteiger partial charge is 0.480 e. The maximum Gasteiger partial charge on any atom is 0.408 e. The lowest BCUT2D eigenvalue weighted by Gasteiger charge is -2.19. The highest BCUT2D eigenvalue weighted by Gasteiger charge is 2.29. The number of carboxylic acids is 1. The summed E-state index contributed by atoms with van der Waals surface area (Å²) in [6.07, 6.45) is -1.09. The monoisotopic (exact) mass is 373 g/mol. The Hall–Kier alpha value is -1.89. The molecule has 0 aliphatic rings. The minimum Gasteiger partial charge on any atom is -0.480 e. The number of carboxylic acid groups (broad SMARTS) is 1. The van der Waals surface area contributed by atoms with Gasteiger partial charge in [0.1, 0.15) is 12.6 Å². The van der Waals surface area contributed by atoms with E-state index in [1.54, 1.807) is 38.1 Å². The highest BCUT2D eigenvalue weighted by molar-refractivity contribution is 7.53. The summed E-state index contributed by atoms with van der Waals surface area (Å²) >= 11 is 0. The second kappa shape index (κ2) is 10.9. The molecule has 9 heteroatoms. The third kappa shape index (κ3) is 8.16. The first-order valence-electron chi connectivity index (χ1n) is 7.98. The number of aliphatic carboxylic acids is 1. The van der Waals surface area contributed by atoms with Gasteiger partial charge in [-0.3, -0.25) is 4.57 Å². The van der Waals surface area contributed by atoms with Crippen LogP contribution in [0.1, 0.15) is 25.8 Å². The average molecular weight is 373 g/mol. The molecular weight excluding hydrogens is 349 g/mol. The summed E-state index contributed by atoms with van der Waals surface area (Å²) in [5, 5.41) is 11.5. The van der Waals surface area contributed by atoms with Crippen LogP contribution in [0, 0.1) is 0 Å². The summed E-state index contributed by atoms with van der Waals surface area (Å²) in [5.74, 6) is -1.25. The molecule has 0 radical (unpaired) electrons. The van der Waals surface area contributed by atoms with Gasteiger partial charge < -0.3 is 24.2 Å². The van der Waals surface area contributed by atoms with E-state index in [9.17, 15) is 19.3 Å². The average Bonchev–Trinajstić information content (AvgIpc) is 2.58. The standard InChI is InChI=1S/C16H24NO7P/c1-3-23-25(21,24-4-2)11-10-14(15(18)19)17-16(20)22-12-13-8-6-5-7-9-13/h5-9,14H,3-4,10-12H2,1-2H3,(H,17,20)(H,18,19)/t14-/m0/s1. The molecule has 0 aliphatic carbocycles. The Morgan fingerprint density at radius 1 is 1.16 bits per heavy atom. The van der Waals surface area contributed by atoms with Crippen LogP contribution in [0.4, 0.5) is 4.79 Å². The van der Waals surface area contributed by atoms with E-state index >= 15 is 0 Å². The van der Waals surface area contributed by atoms with Gasteiger partial charge in [0.2, 0.25) is 0 Å². The Kier molecular flexibility index (Phi) is 9.20. The van der Waals surface area contributed by atoms with Crippen molar-refractivity contribution in [2.24, 2.45) is 0 Å². The van der Waals surface area contributed by atoms with E-state index in [-0.39, 0.29) is 32.4 Å². The molecule has 2 N–H and O–H groups in total. The first-order valence-corrected chi connectivity index (χ1v) is 9.71. The Morgan fingerprint density at radius 3 is 2.28 bits per heavy atom. The molecule has 140 valence electrons. The van der Waals surface area contributed by atoms with Gasteiger partial charge in [0.05, 0.1) is 19.4 Å². The van der Waals surface area contributed by atoms with Crippen molar-refractivity contribution in [1.29, 1.82) is 0 Å². The quantitative estimate of drug-likeness (QED) is 0.574. The van der Waals surface area contributed by atoms with Crippen molar-refractivity contribution < 1.29 is 33.0 Å². The van der Waals surface area contributed by atoms with Crippen molar-refractivity contribution in [3.05, 3.63) is 35.9 Å². The zero-order valence-electron chi connectivity index (χ0n) is 14.3. The first kappa shape index (κ1) is 21.2. The summed E-state index contributed by atoms with van der Waals surface area (Å²) in [7, 11) is -3.37. The highest BCUT2D eigenvalue weighted by Crippen LogP contribution is 2.48. The summed E-state index contributed by atoms with van der Waals surface area (Å²) < 4.78 is 27.6. The molecule has 1 amide bonds. The van der Waals surface area contributed by atoms with E-state index in [1.807, 2.05) is 6.07 Å². The molecule has 1 aromatic rings. The third-order valence-corrected chi connectivity index (χ3v) is 5.26. The summed E-state index contributed by atoms with van der Waals surface area (Å²) in [6.45, 7) is 3.72. The van der Waals surface area contributed by atoms with Crippen LogP contribution in [0.2, 0.25) is 0 Å². The van der Waals surface area contributed by atoms with Crippen LogP contribution < -0.4 is 5.32 Å². The number of alkyl carbamates (subject to hydrolysis) is 1. The Morgan fingerprint density at radius 2 is 1.76 bits per heavy atom. The molecule has 1 atom stereocenters. The smallest absolute Gasteiger partial charge is 0.408 e. The number of ether oxygens (including phenoxy) is 1. The lowest BCUT2D eigenvalue weighted by Crippen LogP contribution is -2.41. The van der Waals surface area contributed by atoms with Gasteiger partial charge in [-0.25, -0.2) is 9.59 Å². The van der Waals surface area contributed by atoms with Gasteiger partial charge in [-0.1, -0.05) is 30.3 Å². The highest BCUT2D eigenvalue weighted by atomic mass is 31.2. The van der Waals surface area contributed by atoms with E-state index in [0.29, 0.717) is 0 Å². The molecular formula is C16H24NO7P. The van der Waals surface area contributed by atoms with Crippen LogP contribution in [0.3, 0.4) is 0 Å². The lowest BCUT2D eigenvalue weighted by molar-refractivity contribution is -0.139. The van der Waals surface area contributed by atoms with Crippen molar-refractivity contribution in [3.63, 3.8) is 0 Å². The van der Waals surface area contributed by atoms with Gasteiger partial charge >= 0.3 is 19.7 Å². The van der Waals surface area contributed by atoms with Gasteiger partial charge in [0.15, 0.2) is 0 Å². The van der Waals surface area contributed by atoms with Crippen molar-refractivity contribution >= 4 is 19.7 Å². The molecule has 0 bridgehead atoms. The summed E-state index contributed by atoms with van der Waals surface area (Å²) in [5.41, 5.74) is 0.779. The van der Waals surface area contributed by atoms with Gasteiger partial charge in [-0.2, -0.15) is 0 Å². The topological polar surface area (TPSA) is 111 Å². The van der Waals surface area contributed by atoms with E-state index in [1.165, 1.54) is 0 Å². The van der Waals surface area contributed by atoms with Crippen LogP contribution in [-0.2, 0) is 29.8 Å². The Balaban J connectivity index is 2.54. The van der Waals surface area contributed by atoms with Gasteiger partial charge in [-0.05, 0) is 25.8 Å². The van der Waals surface area contributed by atoms with E-state index in [0.717, 1.165) is 5.56 Å². The Labute approximate surface area is 147 Å². The van der Waals surface area contributed by atoms with Gasteiger partial charge in [0, 0.05) is 0 Å². The molecule has 0 aliphatic heterocycles. The SMILES string of the molecule is CCOP(=O)(CC[C@H](NC(=O)OCc1ccccc1)C(=O)O)OCC. The molecule has 0 saturated heterocycles. The van der Waals surface area contributed by atoms with Crippen molar-refractivity contribution in [1.82, 2.24) is 5.32 Å². The number of nitrogens with one attached hydrogen (secondary N) is 1. The fraction of sp³-hybridized carbons (Fsp3) is 0.500.